The standard InChI is InChI=1S/C17H16N2O4/c1-9-8-13(10(2)22-9)17(21)23-11(3)15-18-14-7-5-4-6-12(14)16(20)19-15/h4-8,11H,1-3H3,(H,18,19,20)/t11-/m1/s1. The van der Waals surface area contributed by atoms with Crippen LogP contribution in [0.2, 0.25) is 0 Å². The topological polar surface area (TPSA) is 85.2 Å². The molecule has 118 valence electrons. The Morgan fingerprint density at radius 3 is 2.74 bits per heavy atom. The highest BCUT2D eigenvalue weighted by Crippen LogP contribution is 2.20. The summed E-state index contributed by atoms with van der Waals surface area (Å²) in [5.74, 6) is 0.932. The van der Waals surface area contributed by atoms with E-state index in [1.807, 2.05) is 0 Å². The van der Waals surface area contributed by atoms with Gasteiger partial charge in [-0.1, -0.05) is 12.1 Å². The van der Waals surface area contributed by atoms with E-state index in [2.05, 4.69) is 9.97 Å². The maximum absolute atomic E-state index is 12.2. The molecule has 3 aromatic rings. The van der Waals surface area contributed by atoms with E-state index < -0.39 is 12.1 Å². The Labute approximate surface area is 132 Å². The highest BCUT2D eigenvalue weighted by atomic mass is 16.5. The number of fused-ring (bicyclic) bond motifs is 1. The SMILES string of the molecule is Cc1cc(C(=O)O[C@H](C)c2nc3ccccc3c(=O)[nH]2)c(C)o1. The molecule has 0 unspecified atom stereocenters. The summed E-state index contributed by atoms with van der Waals surface area (Å²) in [7, 11) is 0. The number of carbonyl (C=O) groups excluding carboxylic acids is 1. The number of hydrogen-bond acceptors (Lipinski definition) is 5. The van der Waals surface area contributed by atoms with Crippen LogP contribution in [0.1, 0.15) is 40.7 Å². The average molecular weight is 312 g/mol. The molecular weight excluding hydrogens is 296 g/mol. The lowest BCUT2D eigenvalue weighted by molar-refractivity contribution is 0.0318. The molecule has 3 rings (SSSR count). The maximum atomic E-state index is 12.2. The number of furan rings is 1. The van der Waals surface area contributed by atoms with Gasteiger partial charge < -0.3 is 14.1 Å². The summed E-state index contributed by atoms with van der Waals surface area (Å²) >= 11 is 0. The summed E-state index contributed by atoms with van der Waals surface area (Å²) < 4.78 is 10.7. The van der Waals surface area contributed by atoms with Crippen LogP contribution in [0.5, 0.6) is 0 Å². The van der Waals surface area contributed by atoms with Gasteiger partial charge in [0, 0.05) is 0 Å². The Balaban J connectivity index is 1.89. The van der Waals surface area contributed by atoms with Crippen molar-refractivity contribution in [2.24, 2.45) is 0 Å². The Morgan fingerprint density at radius 2 is 2.04 bits per heavy atom. The number of carbonyl (C=O) groups is 1. The lowest BCUT2D eigenvalue weighted by Crippen LogP contribution is -2.17. The molecule has 2 aromatic heterocycles. The van der Waals surface area contributed by atoms with Crippen molar-refractivity contribution in [3.8, 4) is 0 Å². The number of nitrogens with zero attached hydrogens (tertiary/aromatic N) is 1. The summed E-state index contributed by atoms with van der Waals surface area (Å²) in [4.78, 5) is 31.3. The highest BCUT2D eigenvalue weighted by molar-refractivity contribution is 5.90. The second-order valence-electron chi connectivity index (χ2n) is 5.34. The molecule has 0 saturated heterocycles. The van der Waals surface area contributed by atoms with Crippen molar-refractivity contribution in [1.29, 1.82) is 0 Å². The van der Waals surface area contributed by atoms with Crippen LogP contribution in [0.4, 0.5) is 0 Å². The van der Waals surface area contributed by atoms with E-state index in [1.54, 1.807) is 51.1 Å². The summed E-state index contributed by atoms with van der Waals surface area (Å²) in [6.45, 7) is 5.12. The summed E-state index contributed by atoms with van der Waals surface area (Å²) in [5, 5.41) is 0.496. The van der Waals surface area contributed by atoms with Gasteiger partial charge in [0.1, 0.15) is 17.1 Å². The summed E-state index contributed by atoms with van der Waals surface area (Å²) in [6, 6.07) is 8.63. The molecule has 0 aliphatic rings. The monoisotopic (exact) mass is 312 g/mol. The van der Waals surface area contributed by atoms with Gasteiger partial charge in [0.25, 0.3) is 5.56 Å². The Bertz CT molecular complexity index is 939. The van der Waals surface area contributed by atoms with Gasteiger partial charge in [-0.05, 0) is 39.0 Å². The predicted molar refractivity (Wildman–Crippen MR) is 84.4 cm³/mol. The van der Waals surface area contributed by atoms with Gasteiger partial charge >= 0.3 is 5.97 Å². The number of aryl methyl sites for hydroxylation is 2. The van der Waals surface area contributed by atoms with Gasteiger partial charge in [-0.25, -0.2) is 9.78 Å². The van der Waals surface area contributed by atoms with E-state index in [9.17, 15) is 9.59 Å². The predicted octanol–water partition coefficient (Wildman–Crippen LogP) is 3.05. The number of rotatable bonds is 3. The number of para-hydroxylation sites is 1. The second-order valence-corrected chi connectivity index (χ2v) is 5.34. The van der Waals surface area contributed by atoms with Crippen molar-refractivity contribution in [1.82, 2.24) is 9.97 Å². The van der Waals surface area contributed by atoms with Crippen LogP contribution in [0.15, 0.2) is 39.5 Å². The number of hydrogen-bond donors (Lipinski definition) is 1. The smallest absolute Gasteiger partial charge is 0.342 e. The molecule has 0 bridgehead atoms. The first-order valence-corrected chi connectivity index (χ1v) is 7.22. The van der Waals surface area contributed by atoms with Gasteiger partial charge in [0.15, 0.2) is 11.9 Å². The van der Waals surface area contributed by atoms with Crippen molar-refractivity contribution in [3.63, 3.8) is 0 Å². The molecular formula is C17H16N2O4. The lowest BCUT2D eigenvalue weighted by atomic mass is 10.2. The molecule has 0 aliphatic heterocycles. The molecule has 6 nitrogen and oxygen atoms in total. The number of aromatic nitrogens is 2. The van der Waals surface area contributed by atoms with Crippen molar-refractivity contribution in [2.75, 3.05) is 0 Å². The minimum absolute atomic E-state index is 0.260. The van der Waals surface area contributed by atoms with E-state index in [0.717, 1.165) is 0 Å². The lowest BCUT2D eigenvalue weighted by Gasteiger charge is -2.12. The maximum Gasteiger partial charge on any atom is 0.342 e. The molecule has 1 aromatic carbocycles. The third-order valence-electron chi connectivity index (χ3n) is 3.56. The van der Waals surface area contributed by atoms with Gasteiger partial charge in [0.2, 0.25) is 0 Å². The first-order chi connectivity index (χ1) is 11.0. The fraction of sp³-hybridized carbons (Fsp3) is 0.235. The fourth-order valence-electron chi connectivity index (χ4n) is 2.41. The van der Waals surface area contributed by atoms with Crippen LogP contribution >= 0.6 is 0 Å². The number of H-pyrrole nitrogens is 1. The molecule has 0 aliphatic carbocycles. The minimum atomic E-state index is -0.686. The van der Waals surface area contributed by atoms with Crippen molar-refractivity contribution in [2.45, 2.75) is 26.9 Å². The molecule has 2 heterocycles. The normalized spacial score (nSPS) is 12.3. The largest absolute Gasteiger partial charge is 0.466 e. The van der Waals surface area contributed by atoms with E-state index in [0.29, 0.717) is 33.8 Å². The van der Waals surface area contributed by atoms with E-state index in [4.69, 9.17) is 9.15 Å². The first-order valence-electron chi connectivity index (χ1n) is 7.22. The van der Waals surface area contributed by atoms with Crippen LogP contribution < -0.4 is 5.56 Å². The molecule has 1 N–H and O–H groups in total. The summed E-state index contributed by atoms with van der Waals surface area (Å²) in [6.07, 6.45) is -0.686. The minimum Gasteiger partial charge on any atom is -0.466 e. The molecule has 23 heavy (non-hydrogen) atoms. The number of benzene rings is 1. The molecule has 0 saturated carbocycles. The molecule has 0 fully saturated rings. The van der Waals surface area contributed by atoms with E-state index >= 15 is 0 Å². The van der Waals surface area contributed by atoms with Crippen molar-refractivity contribution < 1.29 is 13.9 Å². The molecule has 0 radical (unpaired) electrons. The summed E-state index contributed by atoms with van der Waals surface area (Å²) in [5.41, 5.74) is 0.672. The Kier molecular flexibility index (Phi) is 3.73. The fourth-order valence-corrected chi connectivity index (χ4v) is 2.41. The third kappa shape index (κ3) is 2.88. The molecule has 0 spiro atoms. The zero-order valence-electron chi connectivity index (χ0n) is 13.0. The van der Waals surface area contributed by atoms with Crippen LogP contribution in [0, 0.1) is 13.8 Å². The Hall–Kier alpha value is -2.89. The van der Waals surface area contributed by atoms with Crippen LogP contribution in [-0.2, 0) is 4.74 Å². The second kappa shape index (κ2) is 5.72. The van der Waals surface area contributed by atoms with Gasteiger partial charge in [-0.2, -0.15) is 0 Å². The van der Waals surface area contributed by atoms with Gasteiger partial charge in [0.05, 0.1) is 10.9 Å². The van der Waals surface area contributed by atoms with E-state index in [1.165, 1.54) is 0 Å². The zero-order valence-corrected chi connectivity index (χ0v) is 13.0. The number of aromatic amines is 1. The molecule has 6 heteroatoms. The third-order valence-corrected chi connectivity index (χ3v) is 3.56. The zero-order chi connectivity index (χ0) is 16.6. The quantitative estimate of drug-likeness (QED) is 0.751. The van der Waals surface area contributed by atoms with Crippen molar-refractivity contribution in [3.05, 3.63) is 63.6 Å². The first kappa shape index (κ1) is 15.0. The number of esters is 1. The average Bonchev–Trinajstić information content (AvgIpc) is 2.86. The van der Waals surface area contributed by atoms with Crippen molar-refractivity contribution >= 4 is 16.9 Å². The van der Waals surface area contributed by atoms with Gasteiger partial charge in [-0.15, -0.1) is 0 Å². The van der Waals surface area contributed by atoms with Crippen LogP contribution in [-0.4, -0.2) is 15.9 Å². The number of nitrogens with one attached hydrogen (secondary N) is 1. The molecule has 0 amide bonds. The number of ether oxygens (including phenoxy) is 1. The van der Waals surface area contributed by atoms with E-state index in [-0.39, 0.29) is 5.56 Å². The van der Waals surface area contributed by atoms with Crippen LogP contribution in [0.25, 0.3) is 10.9 Å². The van der Waals surface area contributed by atoms with Crippen LogP contribution in [0.3, 0.4) is 0 Å². The Morgan fingerprint density at radius 1 is 1.30 bits per heavy atom. The van der Waals surface area contributed by atoms with Gasteiger partial charge in [-0.3, -0.25) is 4.79 Å². The highest BCUT2D eigenvalue weighted by Gasteiger charge is 2.20. The molecule has 1 atom stereocenters.